The summed E-state index contributed by atoms with van der Waals surface area (Å²) in [5.41, 5.74) is 1.46. The number of hydrogen-bond donors (Lipinski definition) is 0. The molecular weight excluding hydrogens is 287 g/mol. The molecule has 1 unspecified atom stereocenters. The van der Waals surface area contributed by atoms with Crippen molar-refractivity contribution in [3.8, 4) is 0 Å². The summed E-state index contributed by atoms with van der Waals surface area (Å²) in [6, 6.07) is 5.20. The zero-order valence-corrected chi connectivity index (χ0v) is 11.6. The number of carbonyl (C=O) groups excluding carboxylic acids is 1. The molecule has 1 atom stereocenters. The molecule has 100 valence electrons. The first-order chi connectivity index (χ1) is 9.15. The van der Waals surface area contributed by atoms with E-state index in [1.165, 1.54) is 0 Å². The Labute approximate surface area is 120 Å². The fourth-order valence-corrected chi connectivity index (χ4v) is 2.65. The van der Waals surface area contributed by atoms with E-state index < -0.39 is 6.10 Å². The van der Waals surface area contributed by atoms with Crippen LogP contribution >= 0.6 is 23.2 Å². The Kier molecular flexibility index (Phi) is 3.37. The Hall–Kier alpha value is -1.26. The molecule has 6 heteroatoms. The maximum atomic E-state index is 12.0. The summed E-state index contributed by atoms with van der Waals surface area (Å²) in [6.07, 6.45) is 1.01. The molecule has 0 spiro atoms. The highest BCUT2D eigenvalue weighted by Crippen LogP contribution is 2.27. The van der Waals surface area contributed by atoms with Gasteiger partial charge in [0.25, 0.3) is 5.91 Å². The van der Waals surface area contributed by atoms with E-state index in [0.717, 1.165) is 25.1 Å². The van der Waals surface area contributed by atoms with Crippen LogP contribution in [0.2, 0.25) is 10.0 Å². The second-order valence-electron chi connectivity index (χ2n) is 4.64. The van der Waals surface area contributed by atoms with Gasteiger partial charge in [-0.05, 0) is 18.6 Å². The lowest BCUT2D eigenvalue weighted by Gasteiger charge is -2.32. The normalized spacial score (nSPS) is 21.7. The summed E-state index contributed by atoms with van der Waals surface area (Å²) in [6.45, 7) is 1.63. The van der Waals surface area contributed by atoms with Crippen LogP contribution in [-0.2, 0) is 9.63 Å². The molecule has 1 aromatic rings. The summed E-state index contributed by atoms with van der Waals surface area (Å²) in [5, 5.41) is 5.07. The number of oxime groups is 1. The Balaban J connectivity index is 1.72. The molecule has 1 saturated heterocycles. The van der Waals surface area contributed by atoms with Crippen LogP contribution in [0.3, 0.4) is 0 Å². The van der Waals surface area contributed by atoms with E-state index in [1.54, 1.807) is 23.1 Å². The van der Waals surface area contributed by atoms with Crippen LogP contribution in [0.25, 0.3) is 0 Å². The third-order valence-electron chi connectivity index (χ3n) is 3.35. The first-order valence-corrected chi connectivity index (χ1v) is 6.87. The quantitative estimate of drug-likeness (QED) is 0.842. The lowest BCUT2D eigenvalue weighted by atomic mass is 10.0. The maximum Gasteiger partial charge on any atom is 0.266 e. The zero-order chi connectivity index (χ0) is 13.4. The minimum atomic E-state index is -0.512. The highest BCUT2D eigenvalue weighted by molar-refractivity contribution is 6.37. The lowest BCUT2D eigenvalue weighted by molar-refractivity contribution is -0.145. The number of likely N-dealkylation sites (tertiary alicyclic amines) is 1. The summed E-state index contributed by atoms with van der Waals surface area (Å²) in [7, 11) is 0. The van der Waals surface area contributed by atoms with Gasteiger partial charge in [0, 0.05) is 30.1 Å². The Morgan fingerprint density at radius 1 is 1.37 bits per heavy atom. The first-order valence-electron chi connectivity index (χ1n) is 6.12. The third-order valence-corrected chi connectivity index (χ3v) is 3.90. The molecule has 0 N–H and O–H groups in total. The van der Waals surface area contributed by atoms with Gasteiger partial charge in [-0.15, -0.1) is 0 Å². The van der Waals surface area contributed by atoms with Gasteiger partial charge >= 0.3 is 0 Å². The summed E-state index contributed by atoms with van der Waals surface area (Å²) in [4.78, 5) is 19.0. The van der Waals surface area contributed by atoms with Gasteiger partial charge in [-0.25, -0.2) is 0 Å². The van der Waals surface area contributed by atoms with Crippen LogP contribution < -0.4 is 0 Å². The predicted octanol–water partition coefficient (Wildman–Crippen LogP) is 2.72. The lowest BCUT2D eigenvalue weighted by Crippen LogP contribution is -2.47. The molecule has 2 heterocycles. The van der Waals surface area contributed by atoms with Gasteiger partial charge in [-0.2, -0.15) is 0 Å². The molecular formula is C13H12Cl2N2O2. The van der Waals surface area contributed by atoms with E-state index in [0.29, 0.717) is 22.2 Å². The van der Waals surface area contributed by atoms with E-state index >= 15 is 0 Å². The van der Waals surface area contributed by atoms with Crippen LogP contribution in [0.1, 0.15) is 18.4 Å². The first kappa shape index (κ1) is 12.8. The number of benzene rings is 1. The SMILES string of the molecule is O=C(C1CC(c2ccc(Cl)cc2Cl)=NO1)N1CCC1. The number of rotatable bonds is 2. The van der Waals surface area contributed by atoms with E-state index in [9.17, 15) is 4.79 Å². The van der Waals surface area contributed by atoms with E-state index in [-0.39, 0.29) is 5.91 Å². The van der Waals surface area contributed by atoms with Crippen molar-refractivity contribution < 1.29 is 9.63 Å². The van der Waals surface area contributed by atoms with Gasteiger partial charge in [0.2, 0.25) is 6.10 Å². The molecule has 19 heavy (non-hydrogen) atoms. The molecule has 0 saturated carbocycles. The second kappa shape index (κ2) is 5.02. The highest BCUT2D eigenvalue weighted by atomic mass is 35.5. The van der Waals surface area contributed by atoms with E-state index in [1.807, 2.05) is 0 Å². The minimum Gasteiger partial charge on any atom is -0.382 e. The minimum absolute atomic E-state index is 0.00934. The fourth-order valence-electron chi connectivity index (χ4n) is 2.13. The molecule has 0 bridgehead atoms. The van der Waals surface area contributed by atoms with Gasteiger partial charge in [0.05, 0.1) is 10.7 Å². The van der Waals surface area contributed by atoms with Gasteiger partial charge in [0.15, 0.2) is 0 Å². The average Bonchev–Trinajstić information content (AvgIpc) is 2.75. The van der Waals surface area contributed by atoms with E-state index in [2.05, 4.69) is 5.16 Å². The fraction of sp³-hybridized carbons (Fsp3) is 0.385. The van der Waals surface area contributed by atoms with Gasteiger partial charge in [-0.1, -0.05) is 34.4 Å². The Bertz CT molecular complexity index is 556. The zero-order valence-electron chi connectivity index (χ0n) is 10.1. The van der Waals surface area contributed by atoms with Crippen molar-refractivity contribution in [2.45, 2.75) is 18.9 Å². The van der Waals surface area contributed by atoms with Crippen molar-refractivity contribution in [1.29, 1.82) is 0 Å². The monoisotopic (exact) mass is 298 g/mol. The number of nitrogens with zero attached hydrogens (tertiary/aromatic N) is 2. The van der Waals surface area contributed by atoms with Crippen LogP contribution in [0.5, 0.6) is 0 Å². The molecule has 1 aromatic carbocycles. The van der Waals surface area contributed by atoms with Crippen LogP contribution in [0.15, 0.2) is 23.4 Å². The molecule has 0 aromatic heterocycles. The molecule has 3 rings (SSSR count). The van der Waals surface area contributed by atoms with Crippen LogP contribution in [-0.4, -0.2) is 35.7 Å². The van der Waals surface area contributed by atoms with Crippen molar-refractivity contribution in [3.05, 3.63) is 33.8 Å². The average molecular weight is 299 g/mol. The number of hydrogen-bond acceptors (Lipinski definition) is 3. The topological polar surface area (TPSA) is 41.9 Å². The van der Waals surface area contributed by atoms with Crippen molar-refractivity contribution in [1.82, 2.24) is 4.90 Å². The van der Waals surface area contributed by atoms with E-state index in [4.69, 9.17) is 28.0 Å². The molecule has 0 aliphatic carbocycles. The molecule has 2 aliphatic heterocycles. The predicted molar refractivity (Wildman–Crippen MR) is 73.7 cm³/mol. The molecule has 2 aliphatic rings. The largest absolute Gasteiger partial charge is 0.382 e. The summed E-state index contributed by atoms with van der Waals surface area (Å²) < 4.78 is 0. The van der Waals surface area contributed by atoms with Crippen molar-refractivity contribution in [2.24, 2.45) is 5.16 Å². The summed E-state index contributed by atoms with van der Waals surface area (Å²) >= 11 is 12.0. The molecule has 1 amide bonds. The number of carbonyl (C=O) groups is 1. The molecule has 0 radical (unpaired) electrons. The smallest absolute Gasteiger partial charge is 0.266 e. The standard InChI is InChI=1S/C13H12Cl2N2O2/c14-8-2-3-9(10(15)6-8)11-7-12(19-16-11)13(18)17-4-1-5-17/h2-3,6,12H,1,4-5,7H2. The third kappa shape index (κ3) is 2.42. The van der Waals surface area contributed by atoms with Crippen molar-refractivity contribution >= 4 is 34.8 Å². The van der Waals surface area contributed by atoms with Gasteiger partial charge in [0.1, 0.15) is 0 Å². The maximum absolute atomic E-state index is 12.0. The van der Waals surface area contributed by atoms with Crippen molar-refractivity contribution in [2.75, 3.05) is 13.1 Å². The van der Waals surface area contributed by atoms with Crippen LogP contribution in [0.4, 0.5) is 0 Å². The second-order valence-corrected chi connectivity index (χ2v) is 5.48. The summed E-state index contributed by atoms with van der Waals surface area (Å²) in [5.74, 6) is 0.00934. The highest BCUT2D eigenvalue weighted by Gasteiger charge is 2.34. The van der Waals surface area contributed by atoms with Gasteiger partial charge < -0.3 is 9.74 Å². The number of amides is 1. The van der Waals surface area contributed by atoms with Crippen LogP contribution in [0, 0.1) is 0 Å². The molecule has 4 nitrogen and oxygen atoms in total. The number of halogens is 2. The van der Waals surface area contributed by atoms with Gasteiger partial charge in [-0.3, -0.25) is 4.79 Å². The molecule has 1 fully saturated rings. The Morgan fingerprint density at radius 3 is 2.79 bits per heavy atom. The Morgan fingerprint density at radius 2 is 2.16 bits per heavy atom. The van der Waals surface area contributed by atoms with Crippen molar-refractivity contribution in [3.63, 3.8) is 0 Å².